The molecule has 0 aliphatic carbocycles. The lowest BCUT2D eigenvalue weighted by atomic mass is 9.83. The normalized spacial score (nSPS) is 26.0. The molecule has 1 saturated heterocycles. The molecule has 2 rings (SSSR count). The highest BCUT2D eigenvalue weighted by molar-refractivity contribution is 7.10. The lowest BCUT2D eigenvalue weighted by Gasteiger charge is -2.26. The van der Waals surface area contributed by atoms with E-state index in [-0.39, 0.29) is 17.1 Å². The summed E-state index contributed by atoms with van der Waals surface area (Å²) in [5.74, 6) is 0.322. The van der Waals surface area contributed by atoms with E-state index in [0.29, 0.717) is 12.2 Å². The first-order valence-electron chi connectivity index (χ1n) is 6.05. The fourth-order valence-electron chi connectivity index (χ4n) is 2.77. The van der Waals surface area contributed by atoms with Crippen molar-refractivity contribution < 1.29 is 9.53 Å². The van der Waals surface area contributed by atoms with Crippen LogP contribution in [0.5, 0.6) is 0 Å². The minimum atomic E-state index is -0.335. The smallest absolute Gasteiger partial charge is 0.144 e. The van der Waals surface area contributed by atoms with Crippen LogP contribution < -0.4 is 0 Å². The maximum Gasteiger partial charge on any atom is 0.144 e. The van der Waals surface area contributed by atoms with Gasteiger partial charge >= 0.3 is 0 Å². The predicted molar refractivity (Wildman–Crippen MR) is 70.4 cm³/mol. The van der Waals surface area contributed by atoms with E-state index in [0.717, 1.165) is 11.3 Å². The Morgan fingerprint density at radius 1 is 1.47 bits per heavy atom. The predicted octanol–water partition coefficient (Wildman–Crippen LogP) is 3.45. The summed E-state index contributed by atoms with van der Waals surface area (Å²) in [6.45, 7) is 8.18. The molecule has 0 N–H and O–H groups in total. The number of ether oxygens (including phenoxy) is 1. The van der Waals surface area contributed by atoms with Crippen molar-refractivity contribution in [3.63, 3.8) is 0 Å². The first kappa shape index (κ1) is 12.8. The molecule has 0 spiro atoms. The lowest BCUT2D eigenvalue weighted by molar-refractivity contribution is -0.128. The average molecular weight is 252 g/mol. The monoisotopic (exact) mass is 252 g/mol. The van der Waals surface area contributed by atoms with Crippen LogP contribution in [0, 0.1) is 5.92 Å². The molecule has 0 saturated carbocycles. The van der Waals surface area contributed by atoms with Crippen molar-refractivity contribution in [2.75, 3.05) is 0 Å². The second-order valence-electron chi connectivity index (χ2n) is 5.94. The van der Waals surface area contributed by atoms with E-state index in [2.05, 4.69) is 13.8 Å². The Bertz CT molecular complexity index is 404. The lowest BCUT2D eigenvalue weighted by Crippen LogP contribution is -2.34. The first-order valence-corrected chi connectivity index (χ1v) is 6.93. The van der Waals surface area contributed by atoms with Crippen LogP contribution in [-0.4, -0.2) is 17.0 Å². The Hall–Kier alpha value is -0.670. The van der Waals surface area contributed by atoms with Gasteiger partial charge in [0, 0.05) is 17.2 Å². The molecule has 0 bridgehead atoms. The van der Waals surface area contributed by atoms with Crippen molar-refractivity contribution in [2.45, 2.75) is 51.7 Å². The molecule has 3 heteroatoms. The number of Topliss-reactive ketones (excluding diaryl/α,β-unsaturated/α-hetero) is 1. The molecule has 2 nitrogen and oxygen atoms in total. The van der Waals surface area contributed by atoms with Gasteiger partial charge in [-0.25, -0.2) is 0 Å². The standard InChI is InChI=1S/C14H20O2S/c1-13(2)9-11(14(3,4)16-13)12(15)8-10-6-5-7-17-10/h5-7,11H,8-9H2,1-4H3. The third kappa shape index (κ3) is 2.78. The summed E-state index contributed by atoms with van der Waals surface area (Å²) in [6, 6.07) is 4.02. The van der Waals surface area contributed by atoms with Crippen LogP contribution in [0.15, 0.2) is 17.5 Å². The Morgan fingerprint density at radius 2 is 2.18 bits per heavy atom. The summed E-state index contributed by atoms with van der Waals surface area (Å²) in [6.07, 6.45) is 1.37. The molecule has 94 valence electrons. The number of carbonyl (C=O) groups excluding carboxylic acids is 1. The maximum absolute atomic E-state index is 12.3. The van der Waals surface area contributed by atoms with Crippen LogP contribution in [0.4, 0.5) is 0 Å². The highest BCUT2D eigenvalue weighted by Crippen LogP contribution is 2.42. The zero-order valence-electron chi connectivity index (χ0n) is 10.9. The molecule has 1 atom stereocenters. The van der Waals surface area contributed by atoms with E-state index >= 15 is 0 Å². The van der Waals surface area contributed by atoms with Gasteiger partial charge in [-0.1, -0.05) is 6.07 Å². The van der Waals surface area contributed by atoms with Crippen molar-refractivity contribution in [1.82, 2.24) is 0 Å². The number of carbonyl (C=O) groups is 1. The highest BCUT2D eigenvalue weighted by atomic mass is 32.1. The van der Waals surface area contributed by atoms with Gasteiger partial charge in [-0.15, -0.1) is 11.3 Å². The van der Waals surface area contributed by atoms with Gasteiger partial charge in [0.15, 0.2) is 0 Å². The van der Waals surface area contributed by atoms with Crippen molar-refractivity contribution in [3.8, 4) is 0 Å². The largest absolute Gasteiger partial charge is 0.369 e. The molecular formula is C14H20O2S. The summed E-state index contributed by atoms with van der Waals surface area (Å²) in [4.78, 5) is 13.5. The fraction of sp³-hybridized carbons (Fsp3) is 0.643. The molecule has 1 aromatic heterocycles. The highest BCUT2D eigenvalue weighted by Gasteiger charge is 2.48. The number of rotatable bonds is 3. The van der Waals surface area contributed by atoms with Gasteiger partial charge in [0.2, 0.25) is 0 Å². The zero-order valence-corrected chi connectivity index (χ0v) is 11.8. The minimum absolute atomic E-state index is 0.0135. The Balaban J connectivity index is 2.10. The van der Waals surface area contributed by atoms with Crippen LogP contribution in [-0.2, 0) is 16.0 Å². The average Bonchev–Trinajstić information content (AvgIpc) is 2.71. The third-order valence-corrected chi connectivity index (χ3v) is 4.27. The Morgan fingerprint density at radius 3 is 2.65 bits per heavy atom. The van der Waals surface area contributed by atoms with Gasteiger partial charge in [0.05, 0.1) is 11.2 Å². The van der Waals surface area contributed by atoms with Crippen LogP contribution in [0.3, 0.4) is 0 Å². The van der Waals surface area contributed by atoms with Gasteiger partial charge in [-0.3, -0.25) is 4.79 Å². The molecule has 0 aromatic carbocycles. The van der Waals surface area contributed by atoms with E-state index in [1.807, 2.05) is 31.4 Å². The van der Waals surface area contributed by atoms with Crippen LogP contribution >= 0.6 is 11.3 Å². The topological polar surface area (TPSA) is 26.3 Å². The van der Waals surface area contributed by atoms with Crippen LogP contribution in [0.1, 0.15) is 39.0 Å². The van der Waals surface area contributed by atoms with Gasteiger partial charge in [-0.05, 0) is 45.6 Å². The summed E-state index contributed by atoms with van der Waals surface area (Å²) in [5.41, 5.74) is -0.517. The molecule has 2 heterocycles. The Labute approximate surface area is 107 Å². The number of hydrogen-bond acceptors (Lipinski definition) is 3. The van der Waals surface area contributed by atoms with Crippen molar-refractivity contribution in [2.24, 2.45) is 5.92 Å². The van der Waals surface area contributed by atoms with E-state index in [4.69, 9.17) is 4.74 Å². The van der Waals surface area contributed by atoms with Crippen LogP contribution in [0.25, 0.3) is 0 Å². The molecule has 1 aliphatic rings. The second kappa shape index (κ2) is 4.21. The SMILES string of the molecule is CC1(C)CC(C(=O)Cc2cccs2)C(C)(C)O1. The molecule has 1 aromatic rings. The molecule has 1 unspecified atom stereocenters. The zero-order chi connectivity index (χ0) is 12.7. The van der Waals surface area contributed by atoms with Gasteiger partial charge in [0.25, 0.3) is 0 Å². The minimum Gasteiger partial charge on any atom is -0.369 e. The molecule has 0 amide bonds. The number of ketones is 1. The summed E-state index contributed by atoms with van der Waals surface area (Å²) >= 11 is 1.65. The van der Waals surface area contributed by atoms with Crippen molar-refractivity contribution in [1.29, 1.82) is 0 Å². The number of thiophene rings is 1. The van der Waals surface area contributed by atoms with Gasteiger partial charge < -0.3 is 4.74 Å². The van der Waals surface area contributed by atoms with Crippen molar-refractivity contribution >= 4 is 17.1 Å². The molecule has 1 aliphatic heterocycles. The van der Waals surface area contributed by atoms with Crippen molar-refractivity contribution in [3.05, 3.63) is 22.4 Å². The molecular weight excluding hydrogens is 232 g/mol. The summed E-state index contributed by atoms with van der Waals surface area (Å²) in [7, 11) is 0. The fourth-order valence-corrected chi connectivity index (χ4v) is 3.49. The van der Waals surface area contributed by atoms with E-state index < -0.39 is 0 Å². The maximum atomic E-state index is 12.3. The second-order valence-corrected chi connectivity index (χ2v) is 6.98. The first-order chi connectivity index (χ1) is 7.80. The third-order valence-electron chi connectivity index (χ3n) is 3.39. The summed E-state index contributed by atoms with van der Waals surface area (Å²) < 4.78 is 5.97. The molecule has 17 heavy (non-hydrogen) atoms. The van der Waals surface area contributed by atoms with Gasteiger partial charge in [-0.2, -0.15) is 0 Å². The van der Waals surface area contributed by atoms with Crippen LogP contribution in [0.2, 0.25) is 0 Å². The molecule has 0 radical (unpaired) electrons. The van der Waals surface area contributed by atoms with E-state index in [9.17, 15) is 4.79 Å². The van der Waals surface area contributed by atoms with E-state index in [1.54, 1.807) is 11.3 Å². The van der Waals surface area contributed by atoms with E-state index in [1.165, 1.54) is 0 Å². The number of hydrogen-bond donors (Lipinski definition) is 0. The molecule has 1 fully saturated rings. The summed E-state index contributed by atoms with van der Waals surface area (Å²) in [5, 5.41) is 2.02. The van der Waals surface area contributed by atoms with Gasteiger partial charge in [0.1, 0.15) is 5.78 Å². The Kier molecular flexibility index (Phi) is 3.17. The quantitative estimate of drug-likeness (QED) is 0.823.